The topological polar surface area (TPSA) is 102 Å². The van der Waals surface area contributed by atoms with E-state index >= 15 is 0 Å². The van der Waals surface area contributed by atoms with Crippen LogP contribution in [0.4, 0.5) is 10.8 Å². The van der Waals surface area contributed by atoms with Gasteiger partial charge in [-0.25, -0.2) is 9.97 Å². The lowest BCUT2D eigenvalue weighted by atomic mass is 10.2. The second-order valence-corrected chi connectivity index (χ2v) is 7.24. The fourth-order valence-corrected chi connectivity index (χ4v) is 3.44. The number of amides is 2. The molecule has 2 amide bonds. The average molecular weight is 418 g/mol. The Hall–Kier alpha value is -3.85. The van der Waals surface area contributed by atoms with E-state index in [1.807, 2.05) is 28.1 Å². The van der Waals surface area contributed by atoms with Crippen LogP contribution in [-0.4, -0.2) is 31.3 Å². The average Bonchev–Trinajstić information content (AvgIpc) is 3.45. The van der Waals surface area contributed by atoms with Crippen molar-refractivity contribution in [2.45, 2.75) is 13.0 Å². The van der Waals surface area contributed by atoms with Crippen LogP contribution in [-0.2, 0) is 11.3 Å². The zero-order valence-electron chi connectivity index (χ0n) is 15.9. The second kappa shape index (κ2) is 9.10. The lowest BCUT2D eigenvalue weighted by molar-refractivity contribution is -0.116. The molecule has 0 fully saturated rings. The smallest absolute Gasteiger partial charge is 0.257 e. The quantitative estimate of drug-likeness (QED) is 0.477. The third kappa shape index (κ3) is 4.95. The molecule has 150 valence electrons. The summed E-state index contributed by atoms with van der Waals surface area (Å²) in [6.45, 7) is 0.536. The predicted octanol–water partition coefficient (Wildman–Crippen LogP) is 3.68. The molecular weight excluding hydrogens is 400 g/mol. The van der Waals surface area contributed by atoms with Crippen molar-refractivity contribution in [2.75, 3.05) is 10.6 Å². The van der Waals surface area contributed by atoms with Crippen molar-refractivity contribution in [1.29, 1.82) is 0 Å². The summed E-state index contributed by atoms with van der Waals surface area (Å²) >= 11 is 1.33. The van der Waals surface area contributed by atoms with E-state index in [9.17, 15) is 9.59 Å². The molecule has 0 radical (unpaired) electrons. The van der Waals surface area contributed by atoms with Gasteiger partial charge in [0.2, 0.25) is 5.91 Å². The Morgan fingerprint density at radius 2 is 1.97 bits per heavy atom. The van der Waals surface area contributed by atoms with Crippen LogP contribution in [0.3, 0.4) is 0 Å². The Morgan fingerprint density at radius 1 is 1.03 bits per heavy atom. The van der Waals surface area contributed by atoms with Crippen molar-refractivity contribution in [1.82, 2.24) is 19.5 Å². The number of thiazole rings is 1. The van der Waals surface area contributed by atoms with Gasteiger partial charge in [0.25, 0.3) is 5.91 Å². The minimum atomic E-state index is -0.300. The number of anilines is 2. The largest absolute Gasteiger partial charge is 0.337 e. The Kier molecular flexibility index (Phi) is 5.90. The molecule has 0 saturated carbocycles. The van der Waals surface area contributed by atoms with Gasteiger partial charge >= 0.3 is 0 Å². The maximum absolute atomic E-state index is 12.6. The molecule has 1 aromatic carbocycles. The molecular formula is C21H18N6O2S. The van der Waals surface area contributed by atoms with Crippen LogP contribution in [0.1, 0.15) is 16.8 Å². The number of carbonyl (C=O) groups excluding carboxylic acids is 2. The molecule has 0 aliphatic carbocycles. The number of benzene rings is 1. The van der Waals surface area contributed by atoms with E-state index in [1.54, 1.807) is 49.2 Å². The van der Waals surface area contributed by atoms with E-state index in [0.29, 0.717) is 35.0 Å². The molecule has 9 heteroatoms. The first kappa shape index (κ1) is 19.5. The summed E-state index contributed by atoms with van der Waals surface area (Å²) in [7, 11) is 0. The molecule has 0 bridgehead atoms. The number of carbonyl (C=O) groups is 2. The highest BCUT2D eigenvalue weighted by atomic mass is 32.1. The van der Waals surface area contributed by atoms with Crippen LogP contribution in [0, 0.1) is 0 Å². The van der Waals surface area contributed by atoms with Crippen LogP contribution in [0.25, 0.3) is 11.4 Å². The van der Waals surface area contributed by atoms with Gasteiger partial charge in [0.1, 0.15) is 5.69 Å². The molecule has 4 aromatic rings. The van der Waals surface area contributed by atoms with Gasteiger partial charge < -0.3 is 9.88 Å². The summed E-state index contributed by atoms with van der Waals surface area (Å²) in [5.41, 5.74) is 2.44. The zero-order chi connectivity index (χ0) is 20.8. The maximum Gasteiger partial charge on any atom is 0.257 e. The molecule has 4 rings (SSSR count). The maximum atomic E-state index is 12.6. The first-order valence-electron chi connectivity index (χ1n) is 9.21. The van der Waals surface area contributed by atoms with Crippen molar-refractivity contribution >= 4 is 34.0 Å². The molecule has 8 nitrogen and oxygen atoms in total. The van der Waals surface area contributed by atoms with Crippen molar-refractivity contribution in [2.24, 2.45) is 0 Å². The summed E-state index contributed by atoms with van der Waals surface area (Å²) in [6, 6.07) is 12.4. The lowest BCUT2D eigenvalue weighted by Crippen LogP contribution is -2.15. The Labute approximate surface area is 176 Å². The Bertz CT molecular complexity index is 1140. The fourth-order valence-electron chi connectivity index (χ4n) is 2.74. The minimum Gasteiger partial charge on any atom is -0.337 e. The molecule has 0 spiro atoms. The summed E-state index contributed by atoms with van der Waals surface area (Å²) in [6.07, 6.45) is 7.14. The van der Waals surface area contributed by atoms with Crippen LogP contribution in [0.2, 0.25) is 0 Å². The number of nitrogens with one attached hydrogen (secondary N) is 2. The molecule has 0 aliphatic rings. The summed E-state index contributed by atoms with van der Waals surface area (Å²) in [5, 5.41) is 7.93. The van der Waals surface area contributed by atoms with Crippen LogP contribution >= 0.6 is 11.3 Å². The van der Waals surface area contributed by atoms with Crippen molar-refractivity contribution in [3.8, 4) is 11.4 Å². The lowest BCUT2D eigenvalue weighted by Gasteiger charge is -2.08. The van der Waals surface area contributed by atoms with Crippen LogP contribution in [0.15, 0.2) is 72.8 Å². The van der Waals surface area contributed by atoms with Crippen molar-refractivity contribution in [3.63, 3.8) is 0 Å². The highest BCUT2D eigenvalue weighted by molar-refractivity contribution is 7.14. The minimum absolute atomic E-state index is 0.138. The monoisotopic (exact) mass is 418 g/mol. The normalized spacial score (nSPS) is 10.5. The summed E-state index contributed by atoms with van der Waals surface area (Å²) < 4.78 is 1.83. The third-order valence-electron chi connectivity index (χ3n) is 4.22. The number of rotatable bonds is 7. The van der Waals surface area contributed by atoms with Crippen LogP contribution < -0.4 is 10.6 Å². The van der Waals surface area contributed by atoms with Gasteiger partial charge in [-0.3, -0.25) is 19.9 Å². The van der Waals surface area contributed by atoms with E-state index < -0.39 is 0 Å². The first-order chi connectivity index (χ1) is 14.7. The fraction of sp³-hybridized carbons (Fsp3) is 0.0952. The molecule has 0 unspecified atom stereocenters. The molecule has 3 aromatic heterocycles. The van der Waals surface area contributed by atoms with Gasteiger partial charge in [-0.1, -0.05) is 12.1 Å². The van der Waals surface area contributed by atoms with Gasteiger partial charge in [0, 0.05) is 48.2 Å². The molecule has 3 heterocycles. The Balaban J connectivity index is 1.36. The first-order valence-corrected chi connectivity index (χ1v) is 10.1. The summed E-state index contributed by atoms with van der Waals surface area (Å²) in [5.74, 6) is -0.437. The van der Waals surface area contributed by atoms with Gasteiger partial charge in [0.15, 0.2) is 5.13 Å². The van der Waals surface area contributed by atoms with Crippen LogP contribution in [0.5, 0.6) is 0 Å². The molecule has 2 N–H and O–H groups in total. The molecule has 0 atom stereocenters. The van der Waals surface area contributed by atoms with E-state index in [2.05, 4.69) is 25.6 Å². The van der Waals surface area contributed by atoms with E-state index in [1.165, 1.54) is 11.3 Å². The second-order valence-electron chi connectivity index (χ2n) is 6.39. The highest BCUT2D eigenvalue weighted by Crippen LogP contribution is 2.23. The number of imidazole rings is 1. The van der Waals surface area contributed by atoms with E-state index in [0.717, 1.165) is 5.69 Å². The van der Waals surface area contributed by atoms with Gasteiger partial charge in [0.05, 0.1) is 12.0 Å². The predicted molar refractivity (Wildman–Crippen MR) is 115 cm³/mol. The number of hydrogen-bond donors (Lipinski definition) is 2. The molecule has 30 heavy (non-hydrogen) atoms. The standard InChI is InChI=1S/C21H18N6O2S/c28-19(7-10-27-11-9-22-14-27)24-16-5-3-4-15(12-16)20(29)26-21-25-18(13-30-21)17-6-1-2-8-23-17/h1-6,8-9,11-14H,7,10H2,(H,24,28)(H,25,26,29). The highest BCUT2D eigenvalue weighted by Gasteiger charge is 2.12. The van der Waals surface area contributed by atoms with Crippen molar-refractivity contribution in [3.05, 3.63) is 78.3 Å². The van der Waals surface area contributed by atoms with Crippen molar-refractivity contribution < 1.29 is 9.59 Å². The Morgan fingerprint density at radius 3 is 2.77 bits per heavy atom. The van der Waals surface area contributed by atoms with Gasteiger partial charge in [-0.15, -0.1) is 11.3 Å². The van der Waals surface area contributed by atoms with Gasteiger partial charge in [-0.2, -0.15) is 0 Å². The number of aryl methyl sites for hydroxylation is 1. The number of aromatic nitrogens is 4. The number of hydrogen-bond acceptors (Lipinski definition) is 6. The number of pyridine rings is 1. The zero-order valence-corrected chi connectivity index (χ0v) is 16.7. The molecule has 0 saturated heterocycles. The number of nitrogens with zero attached hydrogens (tertiary/aromatic N) is 4. The van der Waals surface area contributed by atoms with Gasteiger partial charge in [-0.05, 0) is 30.3 Å². The summed E-state index contributed by atoms with van der Waals surface area (Å²) in [4.78, 5) is 37.4. The van der Waals surface area contributed by atoms with E-state index in [-0.39, 0.29) is 11.8 Å². The third-order valence-corrected chi connectivity index (χ3v) is 4.97. The SMILES string of the molecule is O=C(CCn1ccnc1)Nc1cccc(C(=O)Nc2nc(-c3ccccn3)cs2)c1. The molecule has 0 aliphatic heterocycles. The van der Waals surface area contributed by atoms with E-state index in [4.69, 9.17) is 0 Å².